The van der Waals surface area contributed by atoms with Gasteiger partial charge in [0.05, 0.1) is 6.26 Å². The summed E-state index contributed by atoms with van der Waals surface area (Å²) in [5, 5.41) is 0. The Bertz CT molecular complexity index is 98.6. The van der Waals surface area contributed by atoms with Crippen molar-refractivity contribution in [3.05, 3.63) is 12.3 Å². The minimum absolute atomic E-state index is 0.769. The molecule has 0 atom stereocenters. The predicted octanol–water partition coefficient (Wildman–Crippen LogP) is 1.01. The van der Waals surface area contributed by atoms with E-state index in [4.69, 9.17) is 0 Å². The Labute approximate surface area is 48.1 Å². The summed E-state index contributed by atoms with van der Waals surface area (Å²) in [5.41, 5.74) is 4.62. The number of allylic oxidation sites excluding steroid dienone is 1. The average molecular weight is 115 g/mol. The molecular formula is C5H9NO2. The Hall–Kier alpha value is -0.990. The standard InChI is InChI=1S/C5H9NO2/c1-2-3-4-8-5(6)7/h3-4H,2H2,1H3,(H2,6,7)/b4-3+. The lowest BCUT2D eigenvalue weighted by molar-refractivity contribution is 0.196. The smallest absolute Gasteiger partial charge is 0.409 e. The second-order valence-electron chi connectivity index (χ2n) is 1.22. The normalized spacial score (nSPS) is 9.62. The van der Waals surface area contributed by atoms with E-state index in [1.165, 1.54) is 6.26 Å². The van der Waals surface area contributed by atoms with Gasteiger partial charge in [0, 0.05) is 0 Å². The van der Waals surface area contributed by atoms with Crippen molar-refractivity contribution >= 4 is 6.09 Å². The highest BCUT2D eigenvalue weighted by molar-refractivity contribution is 5.65. The number of rotatable bonds is 2. The number of primary amides is 1. The van der Waals surface area contributed by atoms with Gasteiger partial charge in [-0.25, -0.2) is 4.79 Å². The molecule has 0 saturated heterocycles. The average Bonchev–Trinajstić information content (AvgIpc) is 1.66. The first-order chi connectivity index (χ1) is 3.77. The molecule has 0 fully saturated rings. The largest absolute Gasteiger partial charge is 0.419 e. The molecular weight excluding hydrogens is 106 g/mol. The number of hydrogen-bond acceptors (Lipinski definition) is 2. The van der Waals surface area contributed by atoms with Crippen LogP contribution in [0.3, 0.4) is 0 Å². The monoisotopic (exact) mass is 115 g/mol. The molecule has 0 aliphatic heterocycles. The van der Waals surface area contributed by atoms with Crippen molar-refractivity contribution < 1.29 is 9.53 Å². The third-order valence-electron chi connectivity index (χ3n) is 0.516. The highest BCUT2D eigenvalue weighted by atomic mass is 16.5. The molecule has 3 heteroatoms. The lowest BCUT2D eigenvalue weighted by Crippen LogP contribution is -2.08. The molecule has 1 amide bonds. The van der Waals surface area contributed by atoms with Gasteiger partial charge in [-0.3, -0.25) is 0 Å². The van der Waals surface area contributed by atoms with Crippen LogP contribution in [-0.2, 0) is 4.74 Å². The summed E-state index contributed by atoms with van der Waals surface area (Å²) in [6.45, 7) is 1.93. The molecule has 0 radical (unpaired) electrons. The van der Waals surface area contributed by atoms with E-state index in [1.807, 2.05) is 6.92 Å². The van der Waals surface area contributed by atoms with Crippen molar-refractivity contribution in [1.29, 1.82) is 0 Å². The molecule has 0 rings (SSSR count). The van der Waals surface area contributed by atoms with E-state index in [1.54, 1.807) is 6.08 Å². The summed E-state index contributed by atoms with van der Waals surface area (Å²) in [6.07, 6.45) is 3.05. The zero-order chi connectivity index (χ0) is 6.41. The van der Waals surface area contributed by atoms with Crippen LogP contribution in [0.25, 0.3) is 0 Å². The molecule has 0 aromatic carbocycles. The minimum Gasteiger partial charge on any atom is -0.419 e. The van der Waals surface area contributed by atoms with Crippen LogP contribution >= 0.6 is 0 Å². The lowest BCUT2D eigenvalue weighted by atomic mass is 10.5. The SMILES string of the molecule is CC/C=C/OC(N)=O. The Balaban J connectivity index is 3.16. The second kappa shape index (κ2) is 4.18. The molecule has 8 heavy (non-hydrogen) atoms. The number of carbonyl (C=O) groups is 1. The van der Waals surface area contributed by atoms with Crippen LogP contribution in [0.5, 0.6) is 0 Å². The highest BCUT2D eigenvalue weighted by Crippen LogP contribution is 1.80. The van der Waals surface area contributed by atoms with E-state index in [2.05, 4.69) is 10.5 Å². The first-order valence-electron chi connectivity index (χ1n) is 2.38. The Kier molecular flexibility index (Phi) is 3.66. The molecule has 0 unspecified atom stereocenters. The number of nitrogens with two attached hydrogens (primary N) is 1. The summed E-state index contributed by atoms with van der Waals surface area (Å²) in [7, 11) is 0. The van der Waals surface area contributed by atoms with Crippen LogP contribution in [0.4, 0.5) is 4.79 Å². The number of amides is 1. The molecule has 0 bridgehead atoms. The summed E-state index contributed by atoms with van der Waals surface area (Å²) in [5.74, 6) is 0. The molecule has 46 valence electrons. The van der Waals surface area contributed by atoms with E-state index in [9.17, 15) is 4.79 Å². The molecule has 0 aliphatic rings. The van der Waals surface area contributed by atoms with Crippen LogP contribution in [0.1, 0.15) is 13.3 Å². The fourth-order valence-corrected chi connectivity index (χ4v) is 0.211. The molecule has 0 heterocycles. The van der Waals surface area contributed by atoms with Gasteiger partial charge in [0.1, 0.15) is 0 Å². The molecule has 0 saturated carbocycles. The molecule has 0 aromatic rings. The summed E-state index contributed by atoms with van der Waals surface area (Å²) in [6, 6.07) is 0. The second-order valence-corrected chi connectivity index (χ2v) is 1.22. The Morgan fingerprint density at radius 3 is 2.88 bits per heavy atom. The van der Waals surface area contributed by atoms with Gasteiger partial charge in [-0.1, -0.05) is 6.92 Å². The van der Waals surface area contributed by atoms with Gasteiger partial charge in [0.25, 0.3) is 0 Å². The topological polar surface area (TPSA) is 52.3 Å². The lowest BCUT2D eigenvalue weighted by Gasteiger charge is -1.86. The van der Waals surface area contributed by atoms with E-state index >= 15 is 0 Å². The molecule has 0 aliphatic carbocycles. The molecule has 0 spiro atoms. The molecule has 3 nitrogen and oxygen atoms in total. The van der Waals surface area contributed by atoms with Gasteiger partial charge in [-0.15, -0.1) is 0 Å². The van der Waals surface area contributed by atoms with Crippen molar-refractivity contribution in [2.45, 2.75) is 13.3 Å². The van der Waals surface area contributed by atoms with Crippen molar-refractivity contribution in [3.8, 4) is 0 Å². The van der Waals surface area contributed by atoms with Crippen LogP contribution in [0.2, 0.25) is 0 Å². The zero-order valence-corrected chi connectivity index (χ0v) is 4.76. The fraction of sp³-hybridized carbons (Fsp3) is 0.400. The van der Waals surface area contributed by atoms with Gasteiger partial charge in [-0.05, 0) is 12.5 Å². The number of ether oxygens (including phenoxy) is 1. The third-order valence-corrected chi connectivity index (χ3v) is 0.516. The Morgan fingerprint density at radius 2 is 2.50 bits per heavy atom. The van der Waals surface area contributed by atoms with Gasteiger partial charge in [-0.2, -0.15) is 0 Å². The first-order valence-corrected chi connectivity index (χ1v) is 2.38. The summed E-state index contributed by atoms with van der Waals surface area (Å²) in [4.78, 5) is 9.82. The predicted molar refractivity (Wildman–Crippen MR) is 30.1 cm³/mol. The van der Waals surface area contributed by atoms with Crippen LogP contribution in [-0.4, -0.2) is 6.09 Å². The van der Waals surface area contributed by atoms with Crippen LogP contribution in [0, 0.1) is 0 Å². The van der Waals surface area contributed by atoms with E-state index in [0.29, 0.717) is 0 Å². The maximum atomic E-state index is 9.82. The molecule has 0 aromatic heterocycles. The van der Waals surface area contributed by atoms with Gasteiger partial charge >= 0.3 is 6.09 Å². The van der Waals surface area contributed by atoms with E-state index in [-0.39, 0.29) is 0 Å². The molecule has 2 N–H and O–H groups in total. The zero-order valence-electron chi connectivity index (χ0n) is 4.76. The number of carbonyl (C=O) groups excluding carboxylic acids is 1. The van der Waals surface area contributed by atoms with Crippen molar-refractivity contribution in [2.24, 2.45) is 5.73 Å². The first kappa shape index (κ1) is 7.01. The summed E-state index contributed by atoms with van der Waals surface area (Å²) >= 11 is 0. The van der Waals surface area contributed by atoms with Crippen molar-refractivity contribution in [1.82, 2.24) is 0 Å². The van der Waals surface area contributed by atoms with E-state index in [0.717, 1.165) is 6.42 Å². The third kappa shape index (κ3) is 5.01. The fourth-order valence-electron chi connectivity index (χ4n) is 0.211. The number of hydrogen-bond donors (Lipinski definition) is 1. The van der Waals surface area contributed by atoms with Crippen LogP contribution < -0.4 is 5.73 Å². The quantitative estimate of drug-likeness (QED) is 0.546. The van der Waals surface area contributed by atoms with Crippen molar-refractivity contribution in [3.63, 3.8) is 0 Å². The Morgan fingerprint density at radius 1 is 1.88 bits per heavy atom. The van der Waals surface area contributed by atoms with Gasteiger partial charge < -0.3 is 10.5 Å². The maximum Gasteiger partial charge on any atom is 0.409 e. The minimum atomic E-state index is -0.769. The van der Waals surface area contributed by atoms with E-state index < -0.39 is 6.09 Å². The van der Waals surface area contributed by atoms with Gasteiger partial charge in [0.2, 0.25) is 0 Å². The van der Waals surface area contributed by atoms with Crippen LogP contribution in [0.15, 0.2) is 12.3 Å². The summed E-state index contributed by atoms with van der Waals surface area (Å²) < 4.78 is 4.24. The van der Waals surface area contributed by atoms with Crippen molar-refractivity contribution in [2.75, 3.05) is 0 Å². The van der Waals surface area contributed by atoms with Gasteiger partial charge in [0.15, 0.2) is 0 Å². The highest BCUT2D eigenvalue weighted by Gasteiger charge is 1.82. The maximum absolute atomic E-state index is 9.82.